The first-order chi connectivity index (χ1) is 10.0. The fraction of sp³-hybridized carbons (Fsp3) is 0.529. The Morgan fingerprint density at radius 3 is 2.48 bits per heavy atom. The Bertz CT molecular complexity index is 511. The SMILES string of the molecule is CCC1CCC(CC=O)[C@@]1(CC(=O)O)c1ccc(F)cc1. The summed E-state index contributed by atoms with van der Waals surface area (Å²) in [4.78, 5) is 22.5. The summed E-state index contributed by atoms with van der Waals surface area (Å²) < 4.78 is 13.2. The fourth-order valence-electron chi connectivity index (χ4n) is 4.14. The molecule has 1 aromatic rings. The molecule has 2 rings (SSSR count). The lowest BCUT2D eigenvalue weighted by molar-refractivity contribution is -0.139. The van der Waals surface area contributed by atoms with Gasteiger partial charge in [-0.25, -0.2) is 4.39 Å². The molecule has 1 fully saturated rings. The molecular weight excluding hydrogens is 271 g/mol. The molecule has 1 saturated carbocycles. The van der Waals surface area contributed by atoms with Crippen molar-refractivity contribution in [2.45, 2.75) is 44.4 Å². The second kappa shape index (κ2) is 6.37. The van der Waals surface area contributed by atoms with Crippen LogP contribution >= 0.6 is 0 Å². The van der Waals surface area contributed by atoms with E-state index in [9.17, 15) is 19.1 Å². The zero-order valence-electron chi connectivity index (χ0n) is 12.2. The predicted molar refractivity (Wildman–Crippen MR) is 77.5 cm³/mol. The lowest BCUT2D eigenvalue weighted by Crippen LogP contribution is -2.39. The van der Waals surface area contributed by atoms with Gasteiger partial charge in [0, 0.05) is 11.8 Å². The van der Waals surface area contributed by atoms with E-state index in [1.807, 2.05) is 6.92 Å². The Kier molecular flexibility index (Phi) is 4.76. The van der Waals surface area contributed by atoms with E-state index in [1.54, 1.807) is 12.1 Å². The largest absolute Gasteiger partial charge is 0.481 e. The van der Waals surface area contributed by atoms with Gasteiger partial charge in [-0.05, 0) is 42.4 Å². The minimum atomic E-state index is -0.865. The Morgan fingerprint density at radius 1 is 1.33 bits per heavy atom. The quantitative estimate of drug-likeness (QED) is 0.816. The molecule has 1 aliphatic rings. The minimum Gasteiger partial charge on any atom is -0.481 e. The van der Waals surface area contributed by atoms with Crippen LogP contribution in [0.5, 0.6) is 0 Å². The van der Waals surface area contributed by atoms with Crippen LogP contribution in [0.25, 0.3) is 0 Å². The highest BCUT2D eigenvalue weighted by atomic mass is 19.1. The number of hydrogen-bond donors (Lipinski definition) is 1. The van der Waals surface area contributed by atoms with Crippen molar-refractivity contribution in [1.82, 2.24) is 0 Å². The van der Waals surface area contributed by atoms with Crippen LogP contribution in [0.4, 0.5) is 4.39 Å². The highest BCUT2D eigenvalue weighted by molar-refractivity contribution is 5.70. The number of benzene rings is 1. The molecular formula is C17H21FO3. The summed E-state index contributed by atoms with van der Waals surface area (Å²) in [7, 11) is 0. The van der Waals surface area contributed by atoms with E-state index < -0.39 is 11.4 Å². The summed E-state index contributed by atoms with van der Waals surface area (Å²) in [5.74, 6) is -0.969. The van der Waals surface area contributed by atoms with Crippen LogP contribution in [0.2, 0.25) is 0 Å². The van der Waals surface area contributed by atoms with Gasteiger partial charge in [-0.1, -0.05) is 25.5 Å². The van der Waals surface area contributed by atoms with Crippen LogP contribution in [0, 0.1) is 17.7 Å². The van der Waals surface area contributed by atoms with Gasteiger partial charge in [0.1, 0.15) is 12.1 Å². The Labute approximate surface area is 124 Å². The van der Waals surface area contributed by atoms with Crippen LogP contribution in [-0.2, 0) is 15.0 Å². The smallest absolute Gasteiger partial charge is 0.304 e. The monoisotopic (exact) mass is 292 g/mol. The van der Waals surface area contributed by atoms with E-state index in [0.29, 0.717) is 6.42 Å². The average Bonchev–Trinajstić information content (AvgIpc) is 2.78. The van der Waals surface area contributed by atoms with Crippen molar-refractivity contribution in [3.8, 4) is 0 Å². The lowest BCUT2D eigenvalue weighted by atomic mass is 9.63. The zero-order chi connectivity index (χ0) is 15.5. The molecule has 0 saturated heterocycles. The van der Waals surface area contributed by atoms with Crippen LogP contribution < -0.4 is 0 Å². The highest BCUT2D eigenvalue weighted by Gasteiger charge is 2.51. The number of carbonyl (C=O) groups is 2. The second-order valence-electron chi connectivity index (χ2n) is 5.90. The van der Waals surface area contributed by atoms with E-state index in [-0.39, 0.29) is 24.1 Å². The molecule has 114 valence electrons. The first-order valence-electron chi connectivity index (χ1n) is 7.46. The number of aliphatic carboxylic acids is 1. The lowest BCUT2D eigenvalue weighted by Gasteiger charge is -2.39. The van der Waals surface area contributed by atoms with Crippen molar-refractivity contribution < 1.29 is 19.1 Å². The molecule has 1 N–H and O–H groups in total. The van der Waals surface area contributed by atoms with Gasteiger partial charge in [0.25, 0.3) is 0 Å². The molecule has 0 bridgehead atoms. The summed E-state index contributed by atoms with van der Waals surface area (Å²) in [6.07, 6.45) is 3.86. The number of hydrogen-bond acceptors (Lipinski definition) is 2. The van der Waals surface area contributed by atoms with E-state index >= 15 is 0 Å². The summed E-state index contributed by atoms with van der Waals surface area (Å²) in [6, 6.07) is 6.12. The van der Waals surface area contributed by atoms with Crippen molar-refractivity contribution in [3.05, 3.63) is 35.6 Å². The molecule has 2 unspecified atom stereocenters. The van der Waals surface area contributed by atoms with Gasteiger partial charge in [0.05, 0.1) is 6.42 Å². The van der Waals surface area contributed by atoms with Crippen LogP contribution in [0.1, 0.15) is 44.6 Å². The molecule has 0 radical (unpaired) electrons. The third-order valence-corrected chi connectivity index (χ3v) is 5.02. The Morgan fingerprint density at radius 2 is 1.95 bits per heavy atom. The first kappa shape index (κ1) is 15.7. The molecule has 3 nitrogen and oxygen atoms in total. The molecule has 0 amide bonds. The molecule has 0 aliphatic heterocycles. The second-order valence-corrected chi connectivity index (χ2v) is 5.90. The summed E-state index contributed by atoms with van der Waals surface area (Å²) in [6.45, 7) is 2.05. The maximum Gasteiger partial charge on any atom is 0.304 e. The number of aldehydes is 1. The summed E-state index contributed by atoms with van der Waals surface area (Å²) >= 11 is 0. The third-order valence-electron chi connectivity index (χ3n) is 5.02. The maximum atomic E-state index is 13.2. The first-order valence-corrected chi connectivity index (χ1v) is 7.46. The molecule has 0 heterocycles. The van der Waals surface area contributed by atoms with Gasteiger partial charge in [-0.2, -0.15) is 0 Å². The van der Waals surface area contributed by atoms with Gasteiger partial charge in [-0.3, -0.25) is 4.79 Å². The number of carboxylic acids is 1. The fourth-order valence-corrected chi connectivity index (χ4v) is 4.14. The van der Waals surface area contributed by atoms with Gasteiger partial charge in [-0.15, -0.1) is 0 Å². The van der Waals surface area contributed by atoms with Crippen LogP contribution in [-0.4, -0.2) is 17.4 Å². The van der Waals surface area contributed by atoms with Gasteiger partial charge in [0.2, 0.25) is 0 Å². The van der Waals surface area contributed by atoms with Crippen LogP contribution in [0.3, 0.4) is 0 Å². The van der Waals surface area contributed by atoms with E-state index in [2.05, 4.69) is 0 Å². The average molecular weight is 292 g/mol. The number of carbonyl (C=O) groups excluding carboxylic acids is 1. The third kappa shape index (κ3) is 2.85. The van der Waals surface area contributed by atoms with Crippen LogP contribution in [0.15, 0.2) is 24.3 Å². The van der Waals surface area contributed by atoms with Crippen molar-refractivity contribution in [1.29, 1.82) is 0 Å². The van der Waals surface area contributed by atoms with Crippen molar-refractivity contribution in [2.75, 3.05) is 0 Å². The predicted octanol–water partition coefficient (Wildman–Crippen LogP) is 3.56. The molecule has 1 aromatic carbocycles. The summed E-state index contributed by atoms with van der Waals surface area (Å²) in [5, 5.41) is 9.39. The topological polar surface area (TPSA) is 54.4 Å². The molecule has 21 heavy (non-hydrogen) atoms. The molecule has 1 aliphatic carbocycles. The molecule has 0 spiro atoms. The standard InChI is InChI=1S/C17H21FO3/c1-2-12-3-4-14(9-10-19)17(12,11-16(20)21)13-5-7-15(18)8-6-13/h5-8,10,12,14H,2-4,9,11H2,1H3,(H,20,21)/t12?,14?,17-/m1/s1. The molecule has 0 aromatic heterocycles. The Balaban J connectivity index is 2.53. The normalized spacial score (nSPS) is 28.5. The van der Waals surface area contributed by atoms with Gasteiger partial charge < -0.3 is 9.90 Å². The minimum absolute atomic E-state index is 0.00432. The van der Waals surface area contributed by atoms with Crippen molar-refractivity contribution in [2.24, 2.45) is 11.8 Å². The molecule has 4 heteroatoms. The van der Waals surface area contributed by atoms with Gasteiger partial charge in [0.15, 0.2) is 0 Å². The maximum absolute atomic E-state index is 13.2. The number of rotatable bonds is 6. The zero-order valence-corrected chi connectivity index (χ0v) is 12.2. The van der Waals surface area contributed by atoms with Crippen molar-refractivity contribution >= 4 is 12.3 Å². The van der Waals surface area contributed by atoms with E-state index in [4.69, 9.17) is 0 Å². The van der Waals surface area contributed by atoms with E-state index in [1.165, 1.54) is 12.1 Å². The van der Waals surface area contributed by atoms with Gasteiger partial charge >= 0.3 is 5.97 Å². The Hall–Kier alpha value is -1.71. The summed E-state index contributed by atoms with van der Waals surface area (Å²) in [5.41, 5.74) is 0.289. The number of halogens is 1. The molecule has 3 atom stereocenters. The van der Waals surface area contributed by atoms with Crippen molar-refractivity contribution in [3.63, 3.8) is 0 Å². The van der Waals surface area contributed by atoms with E-state index in [0.717, 1.165) is 31.1 Å². The highest BCUT2D eigenvalue weighted by Crippen LogP contribution is 2.54. The number of carboxylic acid groups (broad SMARTS) is 1.